The largest absolute Gasteiger partial charge is 0.507 e. The number of carbonyl (C=O) groups excluding carboxylic acids is 2. The fourth-order valence-electron chi connectivity index (χ4n) is 2.54. The smallest absolute Gasteiger partial charge is 0.342 e. The summed E-state index contributed by atoms with van der Waals surface area (Å²) >= 11 is 0. The highest BCUT2D eigenvalue weighted by Crippen LogP contribution is 2.19. The summed E-state index contributed by atoms with van der Waals surface area (Å²) in [6.07, 6.45) is -1.03. The van der Waals surface area contributed by atoms with Gasteiger partial charge < -0.3 is 19.9 Å². The molecule has 0 aliphatic heterocycles. The van der Waals surface area contributed by atoms with Gasteiger partial charge in [0.2, 0.25) is 0 Å². The second kappa shape index (κ2) is 9.41. The minimum absolute atomic E-state index is 0.00654. The van der Waals surface area contributed by atoms with Crippen LogP contribution >= 0.6 is 0 Å². The Bertz CT molecular complexity index is 970. The summed E-state index contributed by atoms with van der Waals surface area (Å²) < 4.78 is 10.8. The maximum Gasteiger partial charge on any atom is 0.342 e. The van der Waals surface area contributed by atoms with Gasteiger partial charge >= 0.3 is 5.97 Å². The quantitative estimate of drug-likeness (QED) is 0.591. The van der Waals surface area contributed by atoms with E-state index in [1.165, 1.54) is 19.1 Å². The Balaban J connectivity index is 1.52. The SMILES string of the molecule is C[C@H](OC(=O)c1ccccc1O)C(=O)Nc1ccc(OCc2ccccc2)cc1. The van der Waals surface area contributed by atoms with Crippen LogP contribution < -0.4 is 10.1 Å². The van der Waals surface area contributed by atoms with Gasteiger partial charge in [-0.25, -0.2) is 4.79 Å². The van der Waals surface area contributed by atoms with Crippen molar-refractivity contribution in [1.82, 2.24) is 0 Å². The molecule has 0 aliphatic rings. The number of aromatic hydroxyl groups is 1. The molecule has 0 spiro atoms. The van der Waals surface area contributed by atoms with Crippen molar-refractivity contribution in [1.29, 1.82) is 0 Å². The molecule has 0 fully saturated rings. The van der Waals surface area contributed by atoms with Crippen molar-refractivity contribution in [2.24, 2.45) is 0 Å². The van der Waals surface area contributed by atoms with Gasteiger partial charge in [-0.05, 0) is 48.9 Å². The average molecular weight is 391 g/mol. The maximum absolute atomic E-state index is 12.3. The number of benzene rings is 3. The van der Waals surface area contributed by atoms with E-state index in [1.807, 2.05) is 30.3 Å². The Labute approximate surface area is 168 Å². The van der Waals surface area contributed by atoms with Crippen molar-refractivity contribution in [3.05, 3.63) is 90.0 Å². The summed E-state index contributed by atoms with van der Waals surface area (Å²) in [7, 11) is 0. The lowest BCUT2D eigenvalue weighted by Crippen LogP contribution is -2.30. The molecule has 0 unspecified atom stereocenters. The molecule has 0 saturated heterocycles. The van der Waals surface area contributed by atoms with Crippen molar-refractivity contribution in [2.75, 3.05) is 5.32 Å². The third-order valence-corrected chi connectivity index (χ3v) is 4.15. The summed E-state index contributed by atoms with van der Waals surface area (Å²) in [6, 6.07) is 22.7. The minimum atomic E-state index is -1.03. The molecular formula is C23H21NO5. The lowest BCUT2D eigenvalue weighted by Gasteiger charge is -2.14. The van der Waals surface area contributed by atoms with Crippen LogP contribution in [0.25, 0.3) is 0 Å². The van der Waals surface area contributed by atoms with Gasteiger partial charge in [0.05, 0.1) is 0 Å². The van der Waals surface area contributed by atoms with Crippen LogP contribution in [-0.4, -0.2) is 23.1 Å². The molecule has 29 heavy (non-hydrogen) atoms. The molecule has 0 saturated carbocycles. The molecular weight excluding hydrogens is 370 g/mol. The summed E-state index contributed by atoms with van der Waals surface area (Å²) in [5.74, 6) is -0.774. The summed E-state index contributed by atoms with van der Waals surface area (Å²) in [5, 5.41) is 12.4. The predicted octanol–water partition coefficient (Wildman–Crippen LogP) is 4.16. The first kappa shape index (κ1) is 19.9. The van der Waals surface area contributed by atoms with Gasteiger partial charge in [0.1, 0.15) is 23.7 Å². The maximum atomic E-state index is 12.3. The Morgan fingerprint density at radius 2 is 1.59 bits per heavy atom. The first-order chi connectivity index (χ1) is 14.0. The van der Waals surface area contributed by atoms with Crippen molar-refractivity contribution < 1.29 is 24.2 Å². The molecule has 0 radical (unpaired) electrons. The molecule has 6 heteroatoms. The number of amides is 1. The molecule has 2 N–H and O–H groups in total. The number of nitrogens with one attached hydrogen (secondary N) is 1. The molecule has 0 aromatic heterocycles. The highest BCUT2D eigenvalue weighted by atomic mass is 16.5. The lowest BCUT2D eigenvalue weighted by atomic mass is 10.2. The zero-order valence-corrected chi connectivity index (χ0v) is 15.9. The predicted molar refractivity (Wildman–Crippen MR) is 109 cm³/mol. The number of hydrogen-bond donors (Lipinski definition) is 2. The number of carbonyl (C=O) groups is 2. The van der Waals surface area contributed by atoms with Crippen molar-refractivity contribution >= 4 is 17.6 Å². The molecule has 3 aromatic carbocycles. The van der Waals surface area contributed by atoms with Gasteiger partial charge in [-0.1, -0.05) is 42.5 Å². The van der Waals surface area contributed by atoms with E-state index >= 15 is 0 Å². The first-order valence-electron chi connectivity index (χ1n) is 9.09. The number of anilines is 1. The van der Waals surface area contributed by atoms with E-state index in [2.05, 4.69) is 5.32 Å². The highest BCUT2D eigenvalue weighted by molar-refractivity contribution is 5.98. The molecule has 3 rings (SSSR count). The van der Waals surface area contributed by atoms with Gasteiger partial charge in [0.25, 0.3) is 5.91 Å². The molecule has 0 bridgehead atoms. The van der Waals surface area contributed by atoms with E-state index in [1.54, 1.807) is 36.4 Å². The zero-order chi connectivity index (χ0) is 20.6. The van der Waals surface area contributed by atoms with Crippen molar-refractivity contribution in [3.8, 4) is 11.5 Å². The second-order valence-electron chi connectivity index (χ2n) is 6.35. The van der Waals surface area contributed by atoms with Gasteiger partial charge in [-0.3, -0.25) is 4.79 Å². The molecule has 3 aromatic rings. The molecule has 0 heterocycles. The fourth-order valence-corrected chi connectivity index (χ4v) is 2.54. The van der Waals surface area contributed by atoms with Crippen LogP contribution in [0.4, 0.5) is 5.69 Å². The highest BCUT2D eigenvalue weighted by Gasteiger charge is 2.20. The van der Waals surface area contributed by atoms with Crippen LogP contribution in [0.1, 0.15) is 22.8 Å². The van der Waals surface area contributed by atoms with E-state index < -0.39 is 18.0 Å². The molecule has 1 atom stereocenters. The van der Waals surface area contributed by atoms with E-state index in [9.17, 15) is 14.7 Å². The number of para-hydroxylation sites is 1. The van der Waals surface area contributed by atoms with E-state index in [0.717, 1.165) is 5.56 Å². The number of phenols is 1. The summed E-state index contributed by atoms with van der Waals surface area (Å²) in [6.45, 7) is 1.91. The third-order valence-electron chi connectivity index (χ3n) is 4.15. The zero-order valence-electron chi connectivity index (χ0n) is 15.9. The average Bonchev–Trinajstić information content (AvgIpc) is 2.74. The third kappa shape index (κ3) is 5.59. The Kier molecular flexibility index (Phi) is 6.47. The van der Waals surface area contributed by atoms with Crippen LogP contribution in [0.3, 0.4) is 0 Å². The first-order valence-corrected chi connectivity index (χ1v) is 9.09. The number of rotatable bonds is 7. The second-order valence-corrected chi connectivity index (χ2v) is 6.35. The molecule has 0 aliphatic carbocycles. The normalized spacial score (nSPS) is 11.3. The van der Waals surface area contributed by atoms with Crippen LogP contribution in [0.5, 0.6) is 11.5 Å². The van der Waals surface area contributed by atoms with Gasteiger partial charge in [0.15, 0.2) is 6.10 Å². The Morgan fingerprint density at radius 1 is 0.931 bits per heavy atom. The van der Waals surface area contributed by atoms with Gasteiger partial charge in [-0.15, -0.1) is 0 Å². The van der Waals surface area contributed by atoms with Crippen LogP contribution in [-0.2, 0) is 16.1 Å². The van der Waals surface area contributed by atoms with Crippen LogP contribution in [0, 0.1) is 0 Å². The number of ether oxygens (including phenoxy) is 2. The monoisotopic (exact) mass is 391 g/mol. The summed E-state index contributed by atoms with van der Waals surface area (Å²) in [5.41, 5.74) is 1.62. The van der Waals surface area contributed by atoms with E-state index in [-0.39, 0.29) is 11.3 Å². The van der Waals surface area contributed by atoms with Gasteiger partial charge in [-0.2, -0.15) is 0 Å². The minimum Gasteiger partial charge on any atom is -0.507 e. The van der Waals surface area contributed by atoms with E-state index in [4.69, 9.17) is 9.47 Å². The molecule has 148 valence electrons. The number of esters is 1. The van der Waals surface area contributed by atoms with E-state index in [0.29, 0.717) is 18.0 Å². The fraction of sp³-hybridized carbons (Fsp3) is 0.130. The number of hydrogen-bond acceptors (Lipinski definition) is 5. The van der Waals surface area contributed by atoms with Gasteiger partial charge in [0, 0.05) is 5.69 Å². The topological polar surface area (TPSA) is 84.9 Å². The van der Waals surface area contributed by atoms with Crippen molar-refractivity contribution in [3.63, 3.8) is 0 Å². The number of phenolic OH excluding ortho intramolecular Hbond substituents is 1. The lowest BCUT2D eigenvalue weighted by molar-refractivity contribution is -0.123. The summed E-state index contributed by atoms with van der Waals surface area (Å²) in [4.78, 5) is 24.4. The standard InChI is InChI=1S/C23H21NO5/c1-16(29-23(27)20-9-5-6-10-21(20)25)22(26)24-18-11-13-19(14-12-18)28-15-17-7-3-2-4-8-17/h2-14,16,25H,15H2,1H3,(H,24,26)/t16-/m0/s1. The molecule has 1 amide bonds. The van der Waals surface area contributed by atoms with Crippen LogP contribution in [0.2, 0.25) is 0 Å². The van der Waals surface area contributed by atoms with Crippen LogP contribution in [0.15, 0.2) is 78.9 Å². The molecule has 6 nitrogen and oxygen atoms in total. The van der Waals surface area contributed by atoms with Crippen molar-refractivity contribution in [2.45, 2.75) is 19.6 Å². The Hall–Kier alpha value is -3.80. The Morgan fingerprint density at radius 3 is 2.28 bits per heavy atom.